The number of carbonyl (C=O) groups is 2. The van der Waals surface area contributed by atoms with E-state index in [1.807, 2.05) is 13.8 Å². The van der Waals surface area contributed by atoms with Crippen LogP contribution in [0.3, 0.4) is 0 Å². The first kappa shape index (κ1) is 16.9. The van der Waals surface area contributed by atoms with Crippen LogP contribution in [0.25, 0.3) is 0 Å². The second kappa shape index (κ2) is 7.01. The monoisotopic (exact) mass is 294 g/mol. The fourth-order valence-corrected chi connectivity index (χ4v) is 1.52. The normalized spacial score (nSPS) is 12.7. The topological polar surface area (TPSA) is 93.2 Å². The molecule has 0 fully saturated rings. The largest absolute Gasteiger partial charge is 0.444 e. The fraction of sp³-hybridized carbons (Fsp3) is 0.571. The Morgan fingerprint density at radius 1 is 1.19 bits per heavy atom. The summed E-state index contributed by atoms with van der Waals surface area (Å²) in [5, 5.41) is 5.12. The molecular weight excluding hydrogens is 272 g/mol. The van der Waals surface area contributed by atoms with Crippen molar-refractivity contribution in [1.29, 1.82) is 0 Å². The van der Waals surface area contributed by atoms with Crippen LogP contribution in [0.2, 0.25) is 0 Å². The van der Waals surface area contributed by atoms with Gasteiger partial charge in [-0.25, -0.2) is 14.8 Å². The molecule has 1 aromatic rings. The van der Waals surface area contributed by atoms with Crippen molar-refractivity contribution in [3.8, 4) is 0 Å². The van der Waals surface area contributed by atoms with Crippen molar-refractivity contribution in [2.24, 2.45) is 5.92 Å². The van der Waals surface area contributed by atoms with Gasteiger partial charge in [0.25, 0.3) is 0 Å². The Balaban J connectivity index is 2.69. The standard InChI is InChI=1S/C14H22N4O3/c1-9(2)10(17-13(20)21-14(3,4)5)11(19)18-12-15-7-6-8-16-12/h6-10H,1-5H3,(H,17,20)(H,15,16,18,19)/t10-/m0/s1. The summed E-state index contributed by atoms with van der Waals surface area (Å²) >= 11 is 0. The van der Waals surface area contributed by atoms with Crippen molar-refractivity contribution in [3.63, 3.8) is 0 Å². The summed E-state index contributed by atoms with van der Waals surface area (Å²) in [7, 11) is 0. The molecule has 0 saturated carbocycles. The molecule has 0 unspecified atom stereocenters. The summed E-state index contributed by atoms with van der Waals surface area (Å²) in [6, 6.07) is 0.915. The number of alkyl carbamates (subject to hydrolysis) is 1. The van der Waals surface area contributed by atoms with Crippen molar-refractivity contribution in [2.75, 3.05) is 5.32 Å². The van der Waals surface area contributed by atoms with Crippen LogP contribution in [-0.4, -0.2) is 33.6 Å². The predicted molar refractivity (Wildman–Crippen MR) is 78.7 cm³/mol. The zero-order valence-electron chi connectivity index (χ0n) is 13.0. The molecule has 0 radical (unpaired) electrons. The average Bonchev–Trinajstić information content (AvgIpc) is 2.34. The van der Waals surface area contributed by atoms with Gasteiger partial charge in [-0.3, -0.25) is 10.1 Å². The van der Waals surface area contributed by atoms with Gasteiger partial charge in [-0.1, -0.05) is 13.8 Å². The minimum absolute atomic E-state index is 0.110. The zero-order chi connectivity index (χ0) is 16.0. The Morgan fingerprint density at radius 2 is 1.76 bits per heavy atom. The molecule has 1 atom stereocenters. The molecular formula is C14H22N4O3. The lowest BCUT2D eigenvalue weighted by atomic mass is 10.0. The van der Waals surface area contributed by atoms with Crippen LogP contribution in [0.4, 0.5) is 10.7 Å². The van der Waals surface area contributed by atoms with Crippen LogP contribution in [0.1, 0.15) is 34.6 Å². The van der Waals surface area contributed by atoms with E-state index in [1.54, 1.807) is 26.8 Å². The molecule has 116 valence electrons. The highest BCUT2D eigenvalue weighted by Crippen LogP contribution is 2.09. The van der Waals surface area contributed by atoms with Crippen LogP contribution in [0.5, 0.6) is 0 Å². The number of nitrogens with zero attached hydrogens (tertiary/aromatic N) is 2. The number of rotatable bonds is 4. The fourth-order valence-electron chi connectivity index (χ4n) is 1.52. The third-order valence-electron chi connectivity index (χ3n) is 2.42. The molecule has 2 amide bonds. The van der Waals surface area contributed by atoms with E-state index in [-0.39, 0.29) is 17.8 Å². The van der Waals surface area contributed by atoms with Crippen molar-refractivity contribution in [2.45, 2.75) is 46.3 Å². The van der Waals surface area contributed by atoms with E-state index >= 15 is 0 Å². The smallest absolute Gasteiger partial charge is 0.408 e. The molecule has 0 aliphatic rings. The summed E-state index contributed by atoms with van der Waals surface area (Å²) in [5.74, 6) is -0.303. The van der Waals surface area contributed by atoms with Crippen molar-refractivity contribution >= 4 is 17.9 Å². The second-order valence-electron chi connectivity index (χ2n) is 5.93. The van der Waals surface area contributed by atoms with Gasteiger partial charge in [-0.05, 0) is 32.8 Å². The Morgan fingerprint density at radius 3 is 2.24 bits per heavy atom. The summed E-state index contributed by atoms with van der Waals surface area (Å²) in [4.78, 5) is 31.8. The van der Waals surface area contributed by atoms with Gasteiger partial charge in [0, 0.05) is 12.4 Å². The molecule has 7 nitrogen and oxygen atoms in total. The molecule has 0 saturated heterocycles. The molecule has 0 spiro atoms. The number of carbonyl (C=O) groups excluding carboxylic acids is 2. The minimum atomic E-state index is -0.733. The van der Waals surface area contributed by atoms with Gasteiger partial charge < -0.3 is 10.1 Å². The van der Waals surface area contributed by atoms with Gasteiger partial charge in [0.2, 0.25) is 11.9 Å². The summed E-state index contributed by atoms with van der Waals surface area (Å²) < 4.78 is 5.16. The SMILES string of the molecule is CC(C)[C@H](NC(=O)OC(C)(C)C)C(=O)Nc1ncccn1. The average molecular weight is 294 g/mol. The van der Waals surface area contributed by atoms with Gasteiger partial charge in [-0.2, -0.15) is 0 Å². The van der Waals surface area contributed by atoms with Gasteiger partial charge in [-0.15, -0.1) is 0 Å². The lowest BCUT2D eigenvalue weighted by Gasteiger charge is -2.24. The van der Waals surface area contributed by atoms with E-state index in [2.05, 4.69) is 20.6 Å². The van der Waals surface area contributed by atoms with Crippen LogP contribution < -0.4 is 10.6 Å². The van der Waals surface area contributed by atoms with Gasteiger partial charge >= 0.3 is 6.09 Å². The maximum atomic E-state index is 12.2. The summed E-state index contributed by atoms with van der Waals surface area (Å²) in [6.45, 7) is 8.93. The van der Waals surface area contributed by atoms with Gasteiger partial charge in [0.1, 0.15) is 11.6 Å². The molecule has 21 heavy (non-hydrogen) atoms. The molecule has 0 aromatic carbocycles. The number of hydrogen-bond donors (Lipinski definition) is 2. The number of ether oxygens (including phenoxy) is 1. The van der Waals surface area contributed by atoms with E-state index < -0.39 is 17.7 Å². The van der Waals surface area contributed by atoms with E-state index in [4.69, 9.17) is 4.74 Å². The zero-order valence-corrected chi connectivity index (χ0v) is 13.0. The number of nitrogens with one attached hydrogen (secondary N) is 2. The molecule has 0 aliphatic heterocycles. The predicted octanol–water partition coefficient (Wildman–Crippen LogP) is 1.96. The summed E-state index contributed by atoms with van der Waals surface area (Å²) in [5.41, 5.74) is -0.620. The molecule has 0 bridgehead atoms. The Hall–Kier alpha value is -2.18. The van der Waals surface area contributed by atoms with Gasteiger partial charge in [0.05, 0.1) is 0 Å². The lowest BCUT2D eigenvalue weighted by Crippen LogP contribution is -2.48. The van der Waals surface area contributed by atoms with E-state index in [9.17, 15) is 9.59 Å². The van der Waals surface area contributed by atoms with Crippen LogP contribution in [0.15, 0.2) is 18.5 Å². The highest BCUT2D eigenvalue weighted by molar-refractivity contribution is 5.95. The van der Waals surface area contributed by atoms with Crippen molar-refractivity contribution in [1.82, 2.24) is 15.3 Å². The Labute approximate surface area is 124 Å². The first-order valence-corrected chi connectivity index (χ1v) is 6.76. The molecule has 2 N–H and O–H groups in total. The van der Waals surface area contributed by atoms with Crippen LogP contribution in [-0.2, 0) is 9.53 Å². The lowest BCUT2D eigenvalue weighted by molar-refractivity contribution is -0.119. The third-order valence-corrected chi connectivity index (χ3v) is 2.42. The van der Waals surface area contributed by atoms with Crippen molar-refractivity contribution < 1.29 is 14.3 Å². The van der Waals surface area contributed by atoms with E-state index in [0.717, 1.165) is 0 Å². The molecule has 1 heterocycles. The molecule has 1 rings (SSSR count). The van der Waals surface area contributed by atoms with E-state index in [1.165, 1.54) is 12.4 Å². The number of anilines is 1. The van der Waals surface area contributed by atoms with E-state index in [0.29, 0.717) is 0 Å². The molecule has 1 aromatic heterocycles. The van der Waals surface area contributed by atoms with Crippen molar-refractivity contribution in [3.05, 3.63) is 18.5 Å². The minimum Gasteiger partial charge on any atom is -0.444 e. The first-order chi connectivity index (χ1) is 9.69. The Kier molecular flexibility index (Phi) is 5.63. The number of amides is 2. The highest BCUT2D eigenvalue weighted by Gasteiger charge is 2.27. The quantitative estimate of drug-likeness (QED) is 0.885. The maximum absolute atomic E-state index is 12.2. The first-order valence-electron chi connectivity index (χ1n) is 6.76. The van der Waals surface area contributed by atoms with Crippen LogP contribution in [0, 0.1) is 5.92 Å². The van der Waals surface area contributed by atoms with Crippen LogP contribution >= 0.6 is 0 Å². The highest BCUT2D eigenvalue weighted by atomic mass is 16.6. The third kappa shape index (κ3) is 6.20. The maximum Gasteiger partial charge on any atom is 0.408 e. The summed E-state index contributed by atoms with van der Waals surface area (Å²) in [6.07, 6.45) is 2.41. The number of aromatic nitrogens is 2. The molecule has 0 aliphatic carbocycles. The van der Waals surface area contributed by atoms with Gasteiger partial charge in [0.15, 0.2) is 0 Å². The number of hydrogen-bond acceptors (Lipinski definition) is 5. The molecule has 7 heteroatoms. The second-order valence-corrected chi connectivity index (χ2v) is 5.93. The Bertz CT molecular complexity index is 483.